The standard InChI is InChI=1S/C16H16BrFN2O/c17-15-3-1-2-12(8-20-14-4-5-14)16(15)21-10-11-6-13(18)9-19-7-11/h1-3,6-7,9,14,20H,4-5,8,10H2. The molecule has 0 unspecified atom stereocenters. The molecule has 0 spiro atoms. The second kappa shape index (κ2) is 6.54. The van der Waals surface area contributed by atoms with E-state index in [1.165, 1.54) is 25.1 Å². The minimum atomic E-state index is -0.348. The van der Waals surface area contributed by atoms with Crippen molar-refractivity contribution in [3.63, 3.8) is 0 Å². The molecule has 3 rings (SSSR count). The van der Waals surface area contributed by atoms with Crippen molar-refractivity contribution in [2.75, 3.05) is 0 Å². The van der Waals surface area contributed by atoms with Crippen LogP contribution in [0.5, 0.6) is 5.75 Å². The quantitative estimate of drug-likeness (QED) is 0.859. The van der Waals surface area contributed by atoms with Gasteiger partial charge in [0.2, 0.25) is 0 Å². The number of benzene rings is 1. The van der Waals surface area contributed by atoms with E-state index in [9.17, 15) is 4.39 Å². The van der Waals surface area contributed by atoms with Crippen LogP contribution in [-0.4, -0.2) is 11.0 Å². The van der Waals surface area contributed by atoms with Gasteiger partial charge in [-0.1, -0.05) is 12.1 Å². The van der Waals surface area contributed by atoms with Gasteiger partial charge in [0.15, 0.2) is 0 Å². The predicted octanol–water partition coefficient (Wildman–Crippen LogP) is 3.81. The summed E-state index contributed by atoms with van der Waals surface area (Å²) in [6.45, 7) is 1.07. The molecule has 5 heteroatoms. The zero-order valence-corrected chi connectivity index (χ0v) is 13.1. The molecule has 0 radical (unpaired) electrons. The van der Waals surface area contributed by atoms with E-state index >= 15 is 0 Å². The fraction of sp³-hybridized carbons (Fsp3) is 0.312. The van der Waals surface area contributed by atoms with Crippen LogP contribution in [-0.2, 0) is 13.2 Å². The molecule has 21 heavy (non-hydrogen) atoms. The first-order valence-corrected chi connectivity index (χ1v) is 7.74. The fourth-order valence-corrected chi connectivity index (χ4v) is 2.61. The molecule has 1 saturated carbocycles. The van der Waals surface area contributed by atoms with Crippen LogP contribution < -0.4 is 10.1 Å². The van der Waals surface area contributed by atoms with Gasteiger partial charge in [0, 0.05) is 29.9 Å². The van der Waals surface area contributed by atoms with Crippen molar-refractivity contribution in [1.29, 1.82) is 0 Å². The highest BCUT2D eigenvalue weighted by atomic mass is 79.9. The zero-order chi connectivity index (χ0) is 14.7. The summed E-state index contributed by atoms with van der Waals surface area (Å²) in [6.07, 6.45) is 5.30. The van der Waals surface area contributed by atoms with E-state index in [2.05, 4.69) is 26.2 Å². The zero-order valence-electron chi connectivity index (χ0n) is 11.5. The summed E-state index contributed by atoms with van der Waals surface area (Å²) in [6, 6.07) is 8.06. The van der Waals surface area contributed by atoms with Gasteiger partial charge in [-0.2, -0.15) is 0 Å². The van der Waals surface area contributed by atoms with Gasteiger partial charge in [-0.15, -0.1) is 0 Å². The monoisotopic (exact) mass is 350 g/mol. The highest BCUT2D eigenvalue weighted by Gasteiger charge is 2.21. The fourth-order valence-electron chi connectivity index (χ4n) is 2.09. The molecule has 1 heterocycles. The number of nitrogens with zero attached hydrogens (tertiary/aromatic N) is 1. The van der Waals surface area contributed by atoms with Crippen LogP contribution in [0.15, 0.2) is 41.1 Å². The Morgan fingerprint density at radius 3 is 2.95 bits per heavy atom. The van der Waals surface area contributed by atoms with Crippen molar-refractivity contribution in [3.8, 4) is 5.75 Å². The summed E-state index contributed by atoms with van der Waals surface area (Å²) in [5.74, 6) is 0.453. The predicted molar refractivity (Wildman–Crippen MR) is 82.5 cm³/mol. The van der Waals surface area contributed by atoms with Gasteiger partial charge in [-0.3, -0.25) is 4.98 Å². The second-order valence-electron chi connectivity index (χ2n) is 5.18. The number of halogens is 2. The Morgan fingerprint density at radius 2 is 2.19 bits per heavy atom. The molecule has 0 bridgehead atoms. The smallest absolute Gasteiger partial charge is 0.141 e. The third-order valence-electron chi connectivity index (χ3n) is 3.35. The van der Waals surface area contributed by atoms with Crippen LogP contribution in [0.25, 0.3) is 0 Å². The summed E-state index contributed by atoms with van der Waals surface area (Å²) in [5.41, 5.74) is 1.81. The average Bonchev–Trinajstić information content (AvgIpc) is 3.28. The lowest BCUT2D eigenvalue weighted by atomic mass is 10.2. The first-order chi connectivity index (χ1) is 10.2. The van der Waals surface area contributed by atoms with Crippen LogP contribution in [0.2, 0.25) is 0 Å². The molecule has 110 valence electrons. The molecule has 0 amide bonds. The molecular weight excluding hydrogens is 335 g/mol. The maximum absolute atomic E-state index is 13.1. The number of pyridine rings is 1. The van der Waals surface area contributed by atoms with Crippen LogP contribution in [0.3, 0.4) is 0 Å². The molecule has 1 aliphatic carbocycles. The van der Waals surface area contributed by atoms with Gasteiger partial charge in [-0.05, 0) is 40.9 Å². The van der Waals surface area contributed by atoms with Crippen LogP contribution in [0, 0.1) is 5.82 Å². The van der Waals surface area contributed by atoms with E-state index in [4.69, 9.17) is 4.74 Å². The SMILES string of the molecule is Fc1cncc(COc2c(Br)cccc2CNC2CC2)c1. The molecule has 1 fully saturated rings. The minimum absolute atomic E-state index is 0.295. The Balaban J connectivity index is 1.70. The number of para-hydroxylation sites is 1. The lowest BCUT2D eigenvalue weighted by Crippen LogP contribution is -2.16. The summed E-state index contributed by atoms with van der Waals surface area (Å²) < 4.78 is 19.9. The maximum Gasteiger partial charge on any atom is 0.141 e. The number of nitrogens with one attached hydrogen (secondary N) is 1. The summed E-state index contributed by atoms with van der Waals surface area (Å²) >= 11 is 3.52. The van der Waals surface area contributed by atoms with E-state index in [-0.39, 0.29) is 5.82 Å². The van der Waals surface area contributed by atoms with Crippen molar-refractivity contribution in [3.05, 3.63) is 58.1 Å². The highest BCUT2D eigenvalue weighted by Crippen LogP contribution is 2.30. The normalized spacial score (nSPS) is 14.2. The molecule has 0 atom stereocenters. The lowest BCUT2D eigenvalue weighted by molar-refractivity contribution is 0.299. The third kappa shape index (κ3) is 4.02. The second-order valence-corrected chi connectivity index (χ2v) is 6.04. The number of hydrogen-bond donors (Lipinski definition) is 1. The maximum atomic E-state index is 13.1. The Bertz CT molecular complexity index is 631. The van der Waals surface area contributed by atoms with Gasteiger partial charge < -0.3 is 10.1 Å². The average molecular weight is 351 g/mol. The molecular formula is C16H16BrFN2O. The Hall–Kier alpha value is -1.46. The van der Waals surface area contributed by atoms with Crippen LogP contribution in [0.1, 0.15) is 24.0 Å². The summed E-state index contributed by atoms with van der Waals surface area (Å²) in [5, 5.41) is 3.47. The molecule has 0 aliphatic heterocycles. The van der Waals surface area contributed by atoms with Crippen molar-refractivity contribution in [2.24, 2.45) is 0 Å². The van der Waals surface area contributed by atoms with Gasteiger partial charge in [0.05, 0.1) is 10.7 Å². The van der Waals surface area contributed by atoms with E-state index in [1.807, 2.05) is 18.2 Å². The van der Waals surface area contributed by atoms with Crippen LogP contribution in [0.4, 0.5) is 4.39 Å². The van der Waals surface area contributed by atoms with E-state index in [1.54, 1.807) is 6.20 Å². The summed E-state index contributed by atoms with van der Waals surface area (Å²) in [4.78, 5) is 3.83. The Morgan fingerprint density at radius 1 is 1.33 bits per heavy atom. The van der Waals surface area contributed by atoms with Gasteiger partial charge in [0.1, 0.15) is 18.2 Å². The van der Waals surface area contributed by atoms with E-state index in [0.29, 0.717) is 18.2 Å². The molecule has 1 aromatic carbocycles. The number of aromatic nitrogens is 1. The van der Waals surface area contributed by atoms with Crippen molar-refractivity contribution < 1.29 is 9.13 Å². The van der Waals surface area contributed by atoms with Crippen LogP contribution >= 0.6 is 15.9 Å². The molecule has 1 N–H and O–H groups in total. The largest absolute Gasteiger partial charge is 0.487 e. The first-order valence-electron chi connectivity index (χ1n) is 6.95. The number of hydrogen-bond acceptors (Lipinski definition) is 3. The van der Waals surface area contributed by atoms with E-state index < -0.39 is 0 Å². The van der Waals surface area contributed by atoms with Crippen molar-refractivity contribution in [1.82, 2.24) is 10.3 Å². The van der Waals surface area contributed by atoms with E-state index in [0.717, 1.165) is 22.3 Å². The Kier molecular flexibility index (Phi) is 4.51. The van der Waals surface area contributed by atoms with Crippen molar-refractivity contribution in [2.45, 2.75) is 32.0 Å². The summed E-state index contributed by atoms with van der Waals surface area (Å²) in [7, 11) is 0. The van der Waals surface area contributed by atoms with Gasteiger partial charge >= 0.3 is 0 Å². The minimum Gasteiger partial charge on any atom is -0.487 e. The highest BCUT2D eigenvalue weighted by molar-refractivity contribution is 9.10. The topological polar surface area (TPSA) is 34.1 Å². The third-order valence-corrected chi connectivity index (χ3v) is 3.98. The molecule has 1 aliphatic rings. The van der Waals surface area contributed by atoms with Gasteiger partial charge in [-0.25, -0.2) is 4.39 Å². The molecule has 2 aromatic rings. The molecule has 1 aromatic heterocycles. The molecule has 0 saturated heterocycles. The molecule has 3 nitrogen and oxygen atoms in total. The Labute approximate surface area is 131 Å². The van der Waals surface area contributed by atoms with Crippen molar-refractivity contribution >= 4 is 15.9 Å². The first kappa shape index (κ1) is 14.5. The lowest BCUT2D eigenvalue weighted by Gasteiger charge is -2.14. The number of ether oxygens (including phenoxy) is 1. The number of rotatable bonds is 6. The van der Waals surface area contributed by atoms with Gasteiger partial charge in [0.25, 0.3) is 0 Å².